The highest BCUT2D eigenvalue weighted by molar-refractivity contribution is 7.91. The molecule has 1 aromatic heterocycles. The molecule has 1 aliphatic heterocycles. The predicted molar refractivity (Wildman–Crippen MR) is 80.6 cm³/mol. The van der Waals surface area contributed by atoms with Gasteiger partial charge in [-0.05, 0) is 31.9 Å². The van der Waals surface area contributed by atoms with Crippen molar-refractivity contribution in [3.05, 3.63) is 17.0 Å². The van der Waals surface area contributed by atoms with E-state index in [4.69, 9.17) is 4.74 Å². The van der Waals surface area contributed by atoms with E-state index >= 15 is 0 Å². The van der Waals surface area contributed by atoms with Crippen molar-refractivity contribution in [3.63, 3.8) is 0 Å². The summed E-state index contributed by atoms with van der Waals surface area (Å²) < 4.78 is 33.0. The van der Waals surface area contributed by atoms with Crippen LogP contribution in [0.3, 0.4) is 0 Å². The number of carbonyl (C=O) groups excluding carboxylic acids is 1. The Bertz CT molecular complexity index is 591. The standard InChI is InChI=1S/C13H20N2O4S2/c1-9(12-4-3-7-19-12)15-21(17,18)13-6-5-11(20-13)8-14-10(2)16/h5-6,9,12,15H,3-4,7-8H2,1-2H3,(H,14,16). The minimum Gasteiger partial charge on any atom is -0.377 e. The fourth-order valence-electron chi connectivity index (χ4n) is 2.18. The van der Waals surface area contributed by atoms with Gasteiger partial charge in [-0.2, -0.15) is 0 Å². The molecule has 2 N–H and O–H groups in total. The first kappa shape index (κ1) is 16.4. The van der Waals surface area contributed by atoms with Crippen molar-refractivity contribution in [1.29, 1.82) is 0 Å². The zero-order valence-electron chi connectivity index (χ0n) is 12.1. The van der Waals surface area contributed by atoms with Gasteiger partial charge in [0.25, 0.3) is 0 Å². The van der Waals surface area contributed by atoms with Crippen molar-refractivity contribution >= 4 is 27.3 Å². The first-order valence-electron chi connectivity index (χ1n) is 6.85. The monoisotopic (exact) mass is 332 g/mol. The van der Waals surface area contributed by atoms with Crippen LogP contribution in [0.15, 0.2) is 16.3 Å². The average Bonchev–Trinajstić information content (AvgIpc) is 3.07. The van der Waals surface area contributed by atoms with Crippen molar-refractivity contribution in [2.24, 2.45) is 0 Å². The van der Waals surface area contributed by atoms with Crippen molar-refractivity contribution in [3.8, 4) is 0 Å². The zero-order valence-corrected chi connectivity index (χ0v) is 13.7. The molecule has 1 aliphatic rings. The van der Waals surface area contributed by atoms with Crippen LogP contribution in [-0.4, -0.2) is 33.1 Å². The third-order valence-corrected chi connectivity index (χ3v) is 6.41. The molecule has 0 aromatic carbocycles. The largest absolute Gasteiger partial charge is 0.377 e. The second-order valence-corrected chi connectivity index (χ2v) is 8.20. The number of rotatable bonds is 6. The van der Waals surface area contributed by atoms with E-state index in [-0.39, 0.29) is 22.3 Å². The van der Waals surface area contributed by atoms with Crippen molar-refractivity contribution in [2.45, 2.75) is 49.6 Å². The fraction of sp³-hybridized carbons (Fsp3) is 0.615. The highest BCUT2D eigenvalue weighted by Gasteiger charge is 2.27. The number of hydrogen-bond acceptors (Lipinski definition) is 5. The molecule has 0 spiro atoms. The van der Waals surface area contributed by atoms with Gasteiger partial charge in [0.05, 0.1) is 12.6 Å². The number of nitrogens with one attached hydrogen (secondary N) is 2. The quantitative estimate of drug-likeness (QED) is 0.820. The Balaban J connectivity index is 2.00. The molecule has 2 heterocycles. The molecular weight excluding hydrogens is 312 g/mol. The summed E-state index contributed by atoms with van der Waals surface area (Å²) in [4.78, 5) is 11.7. The normalized spacial score (nSPS) is 20.4. The van der Waals surface area contributed by atoms with E-state index in [1.54, 1.807) is 12.1 Å². The van der Waals surface area contributed by atoms with Crippen molar-refractivity contribution < 1.29 is 17.9 Å². The maximum atomic E-state index is 12.3. The van der Waals surface area contributed by atoms with Crippen LogP contribution in [0.2, 0.25) is 0 Å². The molecule has 0 radical (unpaired) electrons. The van der Waals surface area contributed by atoms with E-state index in [1.165, 1.54) is 6.92 Å². The second kappa shape index (κ2) is 6.87. The molecule has 1 saturated heterocycles. The summed E-state index contributed by atoms with van der Waals surface area (Å²) in [5.41, 5.74) is 0. The smallest absolute Gasteiger partial charge is 0.250 e. The summed E-state index contributed by atoms with van der Waals surface area (Å²) in [5.74, 6) is -0.141. The molecular formula is C13H20N2O4S2. The first-order valence-corrected chi connectivity index (χ1v) is 9.15. The van der Waals surface area contributed by atoms with Crippen molar-refractivity contribution in [1.82, 2.24) is 10.0 Å². The maximum Gasteiger partial charge on any atom is 0.250 e. The topological polar surface area (TPSA) is 84.5 Å². The maximum absolute atomic E-state index is 12.3. The Morgan fingerprint density at radius 2 is 2.29 bits per heavy atom. The molecule has 118 valence electrons. The van der Waals surface area contributed by atoms with Gasteiger partial charge < -0.3 is 10.1 Å². The first-order chi connectivity index (χ1) is 9.88. The fourth-order valence-corrected chi connectivity index (χ4v) is 4.77. The van der Waals surface area contributed by atoms with Crippen LogP contribution in [-0.2, 0) is 26.1 Å². The number of hydrogen-bond donors (Lipinski definition) is 2. The van der Waals surface area contributed by atoms with Crippen LogP contribution in [0.4, 0.5) is 0 Å². The predicted octanol–water partition coefficient (Wildman–Crippen LogP) is 1.23. The van der Waals surface area contributed by atoms with Crippen LogP contribution in [0.1, 0.15) is 31.6 Å². The van der Waals surface area contributed by atoms with Crippen LogP contribution in [0, 0.1) is 0 Å². The average molecular weight is 332 g/mol. The summed E-state index contributed by atoms with van der Waals surface area (Å²) in [6.07, 6.45) is 1.79. The van der Waals surface area contributed by atoms with Gasteiger partial charge in [0, 0.05) is 24.4 Å². The summed E-state index contributed by atoms with van der Waals surface area (Å²) >= 11 is 1.16. The molecule has 2 rings (SSSR count). The van der Waals surface area contributed by atoms with Gasteiger partial charge in [0.15, 0.2) is 0 Å². The molecule has 0 saturated carbocycles. The lowest BCUT2D eigenvalue weighted by Gasteiger charge is -2.19. The summed E-state index contributed by atoms with van der Waals surface area (Å²) in [7, 11) is -3.54. The van der Waals surface area contributed by atoms with Gasteiger partial charge in [-0.15, -0.1) is 11.3 Å². The zero-order chi connectivity index (χ0) is 15.5. The van der Waals surface area contributed by atoms with Crippen LogP contribution in [0.5, 0.6) is 0 Å². The van der Waals surface area contributed by atoms with E-state index in [1.807, 2.05) is 6.92 Å². The third-order valence-electron chi connectivity index (χ3n) is 3.28. The summed E-state index contributed by atoms with van der Waals surface area (Å²) in [5, 5.41) is 2.65. The molecule has 0 bridgehead atoms. The minimum absolute atomic E-state index is 0.0569. The van der Waals surface area contributed by atoms with Gasteiger partial charge >= 0.3 is 0 Å². The van der Waals surface area contributed by atoms with Crippen LogP contribution >= 0.6 is 11.3 Å². The minimum atomic E-state index is -3.54. The molecule has 2 unspecified atom stereocenters. The highest BCUT2D eigenvalue weighted by atomic mass is 32.2. The molecule has 6 nitrogen and oxygen atoms in total. The van der Waals surface area contributed by atoms with Gasteiger partial charge in [-0.3, -0.25) is 4.79 Å². The van der Waals surface area contributed by atoms with Crippen LogP contribution in [0.25, 0.3) is 0 Å². The van der Waals surface area contributed by atoms with Crippen LogP contribution < -0.4 is 10.0 Å². The Kier molecular flexibility index (Phi) is 5.37. The molecule has 2 atom stereocenters. The number of sulfonamides is 1. The van der Waals surface area contributed by atoms with E-state index < -0.39 is 10.0 Å². The van der Waals surface area contributed by atoms with E-state index in [2.05, 4.69) is 10.0 Å². The van der Waals surface area contributed by atoms with E-state index in [0.717, 1.165) is 29.1 Å². The second-order valence-electron chi connectivity index (χ2n) is 5.09. The van der Waals surface area contributed by atoms with Gasteiger partial charge in [0.1, 0.15) is 4.21 Å². The number of amides is 1. The van der Waals surface area contributed by atoms with E-state index in [0.29, 0.717) is 13.2 Å². The molecule has 0 aliphatic carbocycles. The SMILES string of the molecule is CC(=O)NCc1ccc(S(=O)(=O)NC(C)C2CCCO2)s1. The lowest BCUT2D eigenvalue weighted by Crippen LogP contribution is -2.40. The van der Waals surface area contributed by atoms with E-state index in [9.17, 15) is 13.2 Å². The molecule has 1 fully saturated rings. The number of thiophene rings is 1. The lowest BCUT2D eigenvalue weighted by atomic mass is 10.1. The highest BCUT2D eigenvalue weighted by Crippen LogP contribution is 2.23. The molecule has 8 heteroatoms. The Morgan fingerprint density at radius 3 is 2.90 bits per heavy atom. The number of ether oxygens (including phenoxy) is 1. The molecule has 1 aromatic rings. The number of carbonyl (C=O) groups is 1. The van der Waals surface area contributed by atoms with Gasteiger partial charge in [-0.1, -0.05) is 0 Å². The molecule has 21 heavy (non-hydrogen) atoms. The Morgan fingerprint density at radius 1 is 1.52 bits per heavy atom. The Hall–Kier alpha value is -0.960. The summed E-state index contributed by atoms with van der Waals surface area (Å²) in [6.45, 7) is 4.28. The third kappa shape index (κ3) is 4.50. The Labute approximate surface area is 128 Å². The summed E-state index contributed by atoms with van der Waals surface area (Å²) in [6, 6.07) is 3.02. The van der Waals surface area contributed by atoms with Crippen molar-refractivity contribution in [2.75, 3.05) is 6.61 Å². The van der Waals surface area contributed by atoms with Gasteiger partial charge in [-0.25, -0.2) is 13.1 Å². The van der Waals surface area contributed by atoms with Gasteiger partial charge in [0.2, 0.25) is 15.9 Å². The molecule has 1 amide bonds. The lowest BCUT2D eigenvalue weighted by molar-refractivity contribution is -0.119.